The largest absolute Gasteiger partial charge is 0.480 e. The summed E-state index contributed by atoms with van der Waals surface area (Å²) < 4.78 is 5.42. The average molecular weight is 334 g/mol. The van der Waals surface area contributed by atoms with Gasteiger partial charge >= 0.3 is 5.97 Å². The number of nitrogens with one attached hydrogen (secondary N) is 1. The van der Waals surface area contributed by atoms with E-state index in [9.17, 15) is 9.59 Å². The fraction of sp³-hybridized carbons (Fsp3) is 0.312. The molecule has 2 rings (SSSR count). The second-order valence-electron chi connectivity index (χ2n) is 4.87. The van der Waals surface area contributed by atoms with E-state index in [0.29, 0.717) is 18.1 Å². The van der Waals surface area contributed by atoms with Crippen molar-refractivity contribution in [1.82, 2.24) is 10.3 Å². The molecule has 0 radical (unpaired) electrons. The number of hydrogen-bond donors (Lipinski definition) is 2. The van der Waals surface area contributed by atoms with E-state index in [1.54, 1.807) is 13.2 Å². The number of nitrogens with zero attached hydrogens (tertiary/aromatic N) is 1. The summed E-state index contributed by atoms with van der Waals surface area (Å²) >= 11 is 1.36. The summed E-state index contributed by atoms with van der Waals surface area (Å²) in [5, 5.41) is 11.4. The molecule has 7 heteroatoms. The van der Waals surface area contributed by atoms with Crippen LogP contribution in [0.15, 0.2) is 41.0 Å². The molecule has 0 aliphatic heterocycles. The first-order valence-corrected chi connectivity index (χ1v) is 8.35. The number of carboxylic acid groups (broad SMARTS) is 1. The monoisotopic (exact) mass is 334 g/mol. The molecule has 1 aromatic heterocycles. The van der Waals surface area contributed by atoms with Gasteiger partial charge < -0.3 is 14.8 Å². The van der Waals surface area contributed by atoms with Gasteiger partial charge in [-0.05, 0) is 18.6 Å². The number of thioether (sulfide) groups is 1. The van der Waals surface area contributed by atoms with E-state index in [-0.39, 0.29) is 11.7 Å². The molecule has 122 valence electrons. The van der Waals surface area contributed by atoms with Crippen molar-refractivity contribution in [3.8, 4) is 11.5 Å². The summed E-state index contributed by atoms with van der Waals surface area (Å²) in [6.45, 7) is 1.71. The van der Waals surface area contributed by atoms with Gasteiger partial charge in [0.15, 0.2) is 0 Å². The van der Waals surface area contributed by atoms with Crippen LogP contribution in [0.25, 0.3) is 11.5 Å². The van der Waals surface area contributed by atoms with E-state index in [1.807, 2.05) is 30.3 Å². The van der Waals surface area contributed by atoms with E-state index < -0.39 is 12.0 Å². The maximum Gasteiger partial charge on any atom is 0.326 e. The maximum atomic E-state index is 11.7. The van der Waals surface area contributed by atoms with Crippen LogP contribution in [0.1, 0.15) is 19.0 Å². The fourth-order valence-corrected chi connectivity index (χ4v) is 2.62. The number of oxazole rings is 1. The molecule has 1 aromatic carbocycles. The molecule has 1 amide bonds. The number of rotatable bonds is 8. The molecule has 0 spiro atoms. The molecule has 0 fully saturated rings. The molecule has 2 N–H and O–H groups in total. The summed E-state index contributed by atoms with van der Waals surface area (Å²) in [6.07, 6.45) is 1.93. The van der Waals surface area contributed by atoms with Crippen molar-refractivity contribution in [3.05, 3.63) is 42.3 Å². The number of benzene rings is 1. The van der Waals surface area contributed by atoms with Gasteiger partial charge in [0.1, 0.15) is 12.3 Å². The third-order valence-electron chi connectivity index (χ3n) is 3.10. The van der Waals surface area contributed by atoms with Gasteiger partial charge in [-0.1, -0.05) is 25.1 Å². The molecule has 0 saturated heterocycles. The van der Waals surface area contributed by atoms with Gasteiger partial charge in [-0.25, -0.2) is 9.78 Å². The summed E-state index contributed by atoms with van der Waals surface area (Å²) in [5.41, 5.74) is 1.64. The molecule has 1 heterocycles. The third-order valence-corrected chi connectivity index (χ3v) is 4.06. The van der Waals surface area contributed by atoms with Gasteiger partial charge in [0.05, 0.1) is 11.4 Å². The minimum atomic E-state index is -1.02. The van der Waals surface area contributed by atoms with Crippen LogP contribution in [0, 0.1) is 0 Å². The Balaban J connectivity index is 1.80. The Labute approximate surface area is 138 Å². The van der Waals surface area contributed by atoms with Crippen molar-refractivity contribution >= 4 is 23.6 Å². The lowest BCUT2D eigenvalue weighted by atomic mass is 10.2. The summed E-state index contributed by atoms with van der Waals surface area (Å²) in [4.78, 5) is 26.9. The van der Waals surface area contributed by atoms with Crippen LogP contribution in [0.2, 0.25) is 0 Å². The number of amides is 1. The van der Waals surface area contributed by atoms with Crippen LogP contribution >= 0.6 is 11.8 Å². The highest BCUT2D eigenvalue weighted by Gasteiger charge is 2.17. The number of carboxylic acids is 1. The first-order chi connectivity index (χ1) is 11.1. The minimum absolute atomic E-state index is 0.178. The molecule has 1 unspecified atom stereocenters. The fourth-order valence-electron chi connectivity index (χ4n) is 1.91. The zero-order chi connectivity index (χ0) is 16.7. The number of aliphatic carboxylic acids is 1. The Morgan fingerprint density at radius 1 is 1.35 bits per heavy atom. The van der Waals surface area contributed by atoms with E-state index in [1.165, 1.54) is 11.8 Å². The molecule has 0 bridgehead atoms. The smallest absolute Gasteiger partial charge is 0.326 e. The number of hydrogen-bond acceptors (Lipinski definition) is 5. The Morgan fingerprint density at radius 2 is 2.09 bits per heavy atom. The van der Waals surface area contributed by atoms with E-state index in [4.69, 9.17) is 9.52 Å². The van der Waals surface area contributed by atoms with E-state index in [0.717, 1.165) is 11.3 Å². The second kappa shape index (κ2) is 8.38. The Morgan fingerprint density at radius 3 is 2.74 bits per heavy atom. The molecular weight excluding hydrogens is 316 g/mol. The van der Waals surface area contributed by atoms with Crippen molar-refractivity contribution in [1.29, 1.82) is 0 Å². The zero-order valence-electron chi connectivity index (χ0n) is 12.7. The molecule has 0 aliphatic rings. The predicted molar refractivity (Wildman–Crippen MR) is 88.0 cm³/mol. The third kappa shape index (κ3) is 5.14. The molecular formula is C16H18N2O4S. The standard InChI is InChI=1S/C16H18N2O4S/c1-2-13(16(20)21)18-14(19)10-23-9-12-8-22-15(17-12)11-6-4-3-5-7-11/h3-8,13H,2,9-10H2,1H3,(H,18,19)(H,20,21). The van der Waals surface area contributed by atoms with E-state index in [2.05, 4.69) is 10.3 Å². The second-order valence-corrected chi connectivity index (χ2v) is 5.86. The molecule has 23 heavy (non-hydrogen) atoms. The lowest BCUT2D eigenvalue weighted by Crippen LogP contribution is -2.41. The Kier molecular flexibility index (Phi) is 6.22. The quantitative estimate of drug-likeness (QED) is 0.771. The topological polar surface area (TPSA) is 92.4 Å². The van der Waals surface area contributed by atoms with Gasteiger partial charge in [-0.2, -0.15) is 0 Å². The predicted octanol–water partition coefficient (Wildman–Crippen LogP) is 2.55. The maximum absolute atomic E-state index is 11.7. The van der Waals surface area contributed by atoms with Crippen LogP contribution < -0.4 is 5.32 Å². The lowest BCUT2D eigenvalue weighted by Gasteiger charge is -2.11. The van der Waals surface area contributed by atoms with Crippen molar-refractivity contribution in [2.45, 2.75) is 25.1 Å². The van der Waals surface area contributed by atoms with Crippen LogP contribution in [0.5, 0.6) is 0 Å². The molecule has 1 atom stereocenters. The van der Waals surface area contributed by atoms with Gasteiger partial charge in [-0.15, -0.1) is 11.8 Å². The average Bonchev–Trinajstić information content (AvgIpc) is 3.02. The molecule has 0 aliphatic carbocycles. The number of carbonyl (C=O) groups excluding carboxylic acids is 1. The van der Waals surface area contributed by atoms with Gasteiger partial charge in [-0.3, -0.25) is 4.79 Å². The number of aromatic nitrogens is 1. The normalized spacial score (nSPS) is 11.9. The summed E-state index contributed by atoms with van der Waals surface area (Å²) in [6, 6.07) is 8.72. The van der Waals surface area contributed by atoms with Crippen molar-refractivity contribution in [2.75, 3.05) is 5.75 Å². The van der Waals surface area contributed by atoms with Gasteiger partial charge in [0.2, 0.25) is 11.8 Å². The summed E-state index contributed by atoms with van der Waals surface area (Å²) in [7, 11) is 0. The van der Waals surface area contributed by atoms with Crippen molar-refractivity contribution < 1.29 is 19.1 Å². The molecule has 6 nitrogen and oxygen atoms in total. The Bertz CT molecular complexity index is 657. The molecule has 0 saturated carbocycles. The number of carbonyl (C=O) groups is 2. The molecule has 2 aromatic rings. The minimum Gasteiger partial charge on any atom is -0.480 e. The van der Waals surface area contributed by atoms with Crippen molar-refractivity contribution in [3.63, 3.8) is 0 Å². The van der Waals surface area contributed by atoms with Crippen molar-refractivity contribution in [2.24, 2.45) is 0 Å². The SMILES string of the molecule is CCC(NC(=O)CSCc1coc(-c2ccccc2)n1)C(=O)O. The van der Waals surface area contributed by atoms with Gasteiger partial charge in [0, 0.05) is 11.3 Å². The highest BCUT2D eigenvalue weighted by atomic mass is 32.2. The lowest BCUT2D eigenvalue weighted by molar-refractivity contribution is -0.141. The summed E-state index contributed by atoms with van der Waals surface area (Å²) in [5.74, 6) is -0.0706. The van der Waals surface area contributed by atoms with Crippen LogP contribution in [0.3, 0.4) is 0 Å². The van der Waals surface area contributed by atoms with Crippen LogP contribution in [-0.4, -0.2) is 33.8 Å². The van der Waals surface area contributed by atoms with Crippen LogP contribution in [0.4, 0.5) is 0 Å². The zero-order valence-corrected chi connectivity index (χ0v) is 13.5. The first kappa shape index (κ1) is 17.1. The van der Waals surface area contributed by atoms with Crippen LogP contribution in [-0.2, 0) is 15.3 Å². The highest BCUT2D eigenvalue weighted by Crippen LogP contribution is 2.20. The first-order valence-electron chi connectivity index (χ1n) is 7.20. The Hall–Kier alpha value is -2.28. The highest BCUT2D eigenvalue weighted by molar-refractivity contribution is 7.99. The van der Waals surface area contributed by atoms with Gasteiger partial charge in [0.25, 0.3) is 0 Å². The van der Waals surface area contributed by atoms with E-state index >= 15 is 0 Å².